The van der Waals surface area contributed by atoms with Gasteiger partial charge in [0.05, 0.1) is 0 Å². The highest BCUT2D eigenvalue weighted by Crippen LogP contribution is 2.37. The van der Waals surface area contributed by atoms with Gasteiger partial charge in [-0.15, -0.1) is 11.8 Å². The predicted octanol–water partition coefficient (Wildman–Crippen LogP) is 6.36. The number of benzene rings is 3. The average molecular weight is 586 g/mol. The van der Waals surface area contributed by atoms with Crippen molar-refractivity contribution in [1.29, 1.82) is 0 Å². The SMILES string of the molecule is O=C(Nc1cccc(SC(C(=O)Nc2ccncc2)c2ccccc2)c1)/C(=C/c1cccnc1)NC(=O)c1ccccc1. The lowest BCUT2D eigenvalue weighted by Crippen LogP contribution is -2.30. The van der Waals surface area contributed by atoms with Gasteiger partial charge in [0.25, 0.3) is 11.8 Å². The quantitative estimate of drug-likeness (QED) is 0.130. The van der Waals surface area contributed by atoms with E-state index in [4.69, 9.17) is 0 Å². The maximum Gasteiger partial charge on any atom is 0.272 e. The number of hydrogen-bond donors (Lipinski definition) is 3. The topological polar surface area (TPSA) is 113 Å². The molecule has 212 valence electrons. The molecule has 1 unspecified atom stereocenters. The molecule has 3 amide bonds. The molecule has 0 spiro atoms. The first-order valence-corrected chi connectivity index (χ1v) is 14.3. The fraction of sp³-hybridized carbons (Fsp3) is 0.0294. The van der Waals surface area contributed by atoms with Gasteiger partial charge in [0.15, 0.2) is 0 Å². The second-order valence-electron chi connectivity index (χ2n) is 9.28. The van der Waals surface area contributed by atoms with E-state index >= 15 is 0 Å². The normalized spacial score (nSPS) is 11.7. The Bertz CT molecular complexity index is 1720. The zero-order valence-corrected chi connectivity index (χ0v) is 23.7. The molecule has 0 aliphatic rings. The fourth-order valence-electron chi connectivity index (χ4n) is 4.10. The fourth-order valence-corrected chi connectivity index (χ4v) is 5.18. The van der Waals surface area contributed by atoms with Gasteiger partial charge in [-0.2, -0.15) is 0 Å². The molecule has 0 aliphatic carbocycles. The molecule has 0 fully saturated rings. The molecule has 3 N–H and O–H groups in total. The Balaban J connectivity index is 1.36. The summed E-state index contributed by atoms with van der Waals surface area (Å²) in [6.07, 6.45) is 8.02. The lowest BCUT2D eigenvalue weighted by molar-refractivity contribution is -0.116. The van der Waals surface area contributed by atoms with E-state index in [1.54, 1.807) is 97.6 Å². The molecule has 0 radical (unpaired) electrons. The van der Waals surface area contributed by atoms with Crippen LogP contribution in [0.15, 0.2) is 145 Å². The largest absolute Gasteiger partial charge is 0.325 e. The number of thioether (sulfide) groups is 1. The molecule has 5 aromatic rings. The van der Waals surface area contributed by atoms with Gasteiger partial charge >= 0.3 is 0 Å². The highest BCUT2D eigenvalue weighted by molar-refractivity contribution is 8.00. The van der Waals surface area contributed by atoms with Crippen molar-refractivity contribution in [3.63, 3.8) is 0 Å². The van der Waals surface area contributed by atoms with E-state index in [-0.39, 0.29) is 11.6 Å². The highest BCUT2D eigenvalue weighted by Gasteiger charge is 2.23. The van der Waals surface area contributed by atoms with Crippen LogP contribution >= 0.6 is 11.8 Å². The van der Waals surface area contributed by atoms with Crippen LogP contribution in [0.2, 0.25) is 0 Å². The molecule has 2 aromatic heterocycles. The summed E-state index contributed by atoms with van der Waals surface area (Å²) in [5, 5.41) is 8.00. The first-order valence-electron chi connectivity index (χ1n) is 13.4. The zero-order valence-electron chi connectivity index (χ0n) is 22.9. The number of rotatable bonds is 10. The lowest BCUT2D eigenvalue weighted by Gasteiger charge is -2.18. The van der Waals surface area contributed by atoms with Crippen LogP contribution in [-0.4, -0.2) is 27.7 Å². The van der Waals surface area contributed by atoms with Gasteiger partial charge in [-0.3, -0.25) is 24.4 Å². The summed E-state index contributed by atoms with van der Waals surface area (Å²) in [5.74, 6) is -1.12. The van der Waals surface area contributed by atoms with E-state index < -0.39 is 17.1 Å². The summed E-state index contributed by atoms with van der Waals surface area (Å²) in [5.41, 5.74) is 3.10. The van der Waals surface area contributed by atoms with Crippen molar-refractivity contribution < 1.29 is 14.4 Å². The molecule has 43 heavy (non-hydrogen) atoms. The minimum absolute atomic E-state index is 0.0544. The van der Waals surface area contributed by atoms with Crippen LogP contribution in [0.1, 0.15) is 26.7 Å². The molecule has 0 aliphatic heterocycles. The van der Waals surface area contributed by atoms with Crippen LogP contribution in [0.4, 0.5) is 11.4 Å². The molecule has 0 saturated heterocycles. The van der Waals surface area contributed by atoms with E-state index in [0.29, 0.717) is 22.5 Å². The molecule has 0 saturated carbocycles. The van der Waals surface area contributed by atoms with Crippen molar-refractivity contribution in [3.8, 4) is 0 Å². The average Bonchev–Trinajstić information content (AvgIpc) is 3.05. The molecule has 2 heterocycles. The predicted molar refractivity (Wildman–Crippen MR) is 169 cm³/mol. The van der Waals surface area contributed by atoms with Crippen LogP contribution < -0.4 is 16.0 Å². The van der Waals surface area contributed by atoms with Crippen LogP contribution in [0.3, 0.4) is 0 Å². The van der Waals surface area contributed by atoms with Gasteiger partial charge in [-0.05, 0) is 65.7 Å². The molecule has 5 rings (SSSR count). The van der Waals surface area contributed by atoms with Crippen LogP contribution in [0, 0.1) is 0 Å². The number of amides is 3. The summed E-state index contributed by atoms with van der Waals surface area (Å²) in [7, 11) is 0. The lowest BCUT2D eigenvalue weighted by atomic mass is 10.1. The maximum atomic E-state index is 13.5. The Morgan fingerprint density at radius 3 is 2.16 bits per heavy atom. The van der Waals surface area contributed by atoms with Gasteiger partial charge in [0.2, 0.25) is 5.91 Å². The molecule has 0 bridgehead atoms. The van der Waals surface area contributed by atoms with Gasteiger partial charge in [-0.25, -0.2) is 0 Å². The van der Waals surface area contributed by atoms with Crippen molar-refractivity contribution in [2.75, 3.05) is 10.6 Å². The minimum Gasteiger partial charge on any atom is -0.325 e. The zero-order chi connectivity index (χ0) is 29.9. The van der Waals surface area contributed by atoms with Crippen molar-refractivity contribution >= 4 is 46.9 Å². The highest BCUT2D eigenvalue weighted by atomic mass is 32.2. The Hall–Kier alpha value is -5.54. The smallest absolute Gasteiger partial charge is 0.272 e. The Morgan fingerprint density at radius 1 is 0.698 bits per heavy atom. The van der Waals surface area contributed by atoms with Gasteiger partial charge < -0.3 is 16.0 Å². The van der Waals surface area contributed by atoms with Crippen molar-refractivity contribution in [2.24, 2.45) is 0 Å². The Kier molecular flexibility index (Phi) is 9.69. The van der Waals surface area contributed by atoms with Crippen LogP contribution in [0.25, 0.3) is 6.08 Å². The number of hydrogen-bond acceptors (Lipinski definition) is 6. The second-order valence-corrected chi connectivity index (χ2v) is 10.5. The molecular formula is C34H27N5O3S. The number of nitrogens with one attached hydrogen (secondary N) is 3. The number of anilines is 2. The Labute approximate surface area is 253 Å². The maximum absolute atomic E-state index is 13.5. The van der Waals surface area contributed by atoms with Gasteiger partial charge in [0.1, 0.15) is 10.9 Å². The monoisotopic (exact) mass is 585 g/mol. The third kappa shape index (κ3) is 8.25. The summed E-state index contributed by atoms with van der Waals surface area (Å²) in [6, 6.07) is 32.3. The molecule has 1 atom stereocenters. The van der Waals surface area contributed by atoms with Crippen LogP contribution in [-0.2, 0) is 9.59 Å². The number of carbonyl (C=O) groups excluding carboxylic acids is 3. The van der Waals surface area contributed by atoms with E-state index in [1.165, 1.54) is 11.8 Å². The molecule has 9 heteroatoms. The first-order chi connectivity index (χ1) is 21.0. The van der Waals surface area contributed by atoms with Crippen LogP contribution in [0.5, 0.6) is 0 Å². The summed E-state index contributed by atoms with van der Waals surface area (Å²) >= 11 is 1.36. The molecular weight excluding hydrogens is 558 g/mol. The van der Waals surface area contributed by atoms with Gasteiger partial charge in [-0.1, -0.05) is 60.7 Å². The van der Waals surface area contributed by atoms with Crippen molar-refractivity contribution in [2.45, 2.75) is 10.1 Å². The first kappa shape index (κ1) is 29.0. The third-order valence-electron chi connectivity index (χ3n) is 6.16. The number of aromatic nitrogens is 2. The summed E-state index contributed by atoms with van der Waals surface area (Å²) in [6.45, 7) is 0. The number of carbonyl (C=O) groups is 3. The summed E-state index contributed by atoms with van der Waals surface area (Å²) in [4.78, 5) is 48.6. The summed E-state index contributed by atoms with van der Waals surface area (Å²) < 4.78 is 0. The molecule has 8 nitrogen and oxygen atoms in total. The van der Waals surface area contributed by atoms with Crippen molar-refractivity contribution in [3.05, 3.63) is 156 Å². The Morgan fingerprint density at radius 2 is 1.44 bits per heavy atom. The van der Waals surface area contributed by atoms with Crippen molar-refractivity contribution in [1.82, 2.24) is 15.3 Å². The third-order valence-corrected chi connectivity index (χ3v) is 7.41. The van der Waals surface area contributed by atoms with E-state index in [2.05, 4.69) is 25.9 Å². The van der Waals surface area contributed by atoms with E-state index in [9.17, 15) is 14.4 Å². The van der Waals surface area contributed by atoms with E-state index in [0.717, 1.165) is 10.5 Å². The standard InChI is InChI=1S/C34H27N5O3S/c40-32(26-12-5-2-6-13-26)39-30(21-24-9-8-18-36-23-24)33(41)38-28-14-7-15-29(22-28)43-31(25-10-3-1-4-11-25)34(42)37-27-16-19-35-20-17-27/h1-23,31H,(H,38,41)(H,39,40)(H,35,37,42)/b30-21-. The second kappa shape index (κ2) is 14.4. The van der Waals surface area contributed by atoms with E-state index in [1.807, 2.05) is 42.5 Å². The molecule has 3 aromatic carbocycles. The number of pyridine rings is 2. The minimum atomic E-state index is -0.563. The van der Waals surface area contributed by atoms with Gasteiger partial charge in [0, 0.05) is 46.6 Å². The number of nitrogens with zero attached hydrogens (tertiary/aromatic N) is 2.